The second-order valence-corrected chi connectivity index (χ2v) is 7.49. The highest BCUT2D eigenvalue weighted by Crippen LogP contribution is 2.37. The van der Waals surface area contributed by atoms with Crippen molar-refractivity contribution >= 4 is 17.4 Å². The van der Waals surface area contributed by atoms with Gasteiger partial charge in [-0.15, -0.1) is 20.4 Å². The molecule has 29 heavy (non-hydrogen) atoms. The predicted molar refractivity (Wildman–Crippen MR) is 106 cm³/mol. The zero-order chi connectivity index (χ0) is 20.3. The number of aliphatic hydroxyl groups excluding tert-OH is 1. The number of hydrogen-bond acceptors (Lipinski definition) is 8. The molecule has 1 aliphatic heterocycles. The average Bonchev–Trinajstić information content (AvgIpc) is 3.25. The molecule has 1 saturated heterocycles. The fourth-order valence-electron chi connectivity index (χ4n) is 3.53. The summed E-state index contributed by atoms with van der Waals surface area (Å²) < 4.78 is 5.28. The Morgan fingerprint density at radius 1 is 1.10 bits per heavy atom. The number of piperidine rings is 1. The van der Waals surface area contributed by atoms with Gasteiger partial charge < -0.3 is 14.4 Å². The smallest absolute Gasteiger partial charge is 0.268 e. The van der Waals surface area contributed by atoms with Crippen LogP contribution in [0.15, 0.2) is 40.8 Å². The van der Waals surface area contributed by atoms with Crippen LogP contribution in [0.4, 0.5) is 5.82 Å². The van der Waals surface area contributed by atoms with Crippen molar-refractivity contribution in [2.75, 3.05) is 18.0 Å². The van der Waals surface area contributed by atoms with Gasteiger partial charge in [0.2, 0.25) is 5.89 Å². The first-order chi connectivity index (χ1) is 14.1. The molecule has 0 spiro atoms. The minimum Gasteiger partial charge on any atom is -0.417 e. The van der Waals surface area contributed by atoms with E-state index >= 15 is 0 Å². The van der Waals surface area contributed by atoms with Crippen molar-refractivity contribution in [1.82, 2.24) is 20.4 Å². The quantitative estimate of drug-likeness (QED) is 0.683. The Labute approximate surface area is 172 Å². The number of aliphatic hydroxyl groups is 1. The van der Waals surface area contributed by atoms with Crippen LogP contribution in [0.1, 0.15) is 24.3 Å². The van der Waals surface area contributed by atoms with Gasteiger partial charge in [-0.25, -0.2) is 0 Å². The first kappa shape index (κ1) is 19.3. The maximum atomic E-state index is 9.85. The van der Waals surface area contributed by atoms with Crippen LogP contribution in [-0.4, -0.2) is 38.6 Å². The van der Waals surface area contributed by atoms with Gasteiger partial charge in [0.25, 0.3) is 5.89 Å². The van der Waals surface area contributed by atoms with E-state index in [9.17, 15) is 5.26 Å². The molecular formula is C20H19ClN6O2. The molecule has 148 valence electrons. The summed E-state index contributed by atoms with van der Waals surface area (Å²) in [4.78, 5) is 2.12. The molecule has 1 N–H and O–H groups in total. The van der Waals surface area contributed by atoms with Gasteiger partial charge in [0, 0.05) is 18.1 Å². The summed E-state index contributed by atoms with van der Waals surface area (Å²) in [6.07, 6.45) is 2.09. The summed E-state index contributed by atoms with van der Waals surface area (Å²) >= 11 is 6.29. The highest BCUT2D eigenvalue weighted by molar-refractivity contribution is 6.31. The Bertz CT molecular complexity index is 1020. The lowest BCUT2D eigenvalue weighted by atomic mass is 9.75. The van der Waals surface area contributed by atoms with E-state index in [2.05, 4.69) is 31.4 Å². The second-order valence-electron chi connectivity index (χ2n) is 7.08. The first-order valence-electron chi connectivity index (χ1n) is 9.29. The highest BCUT2D eigenvalue weighted by Gasteiger charge is 2.36. The summed E-state index contributed by atoms with van der Waals surface area (Å²) in [5.41, 5.74) is 1.03. The van der Waals surface area contributed by atoms with Crippen molar-refractivity contribution in [3.05, 3.63) is 52.9 Å². The van der Waals surface area contributed by atoms with Gasteiger partial charge in [-0.1, -0.05) is 29.8 Å². The van der Waals surface area contributed by atoms with Crippen LogP contribution in [0.3, 0.4) is 0 Å². The largest absolute Gasteiger partial charge is 0.417 e. The van der Waals surface area contributed by atoms with Gasteiger partial charge >= 0.3 is 0 Å². The monoisotopic (exact) mass is 410 g/mol. The molecule has 1 aliphatic rings. The lowest BCUT2D eigenvalue weighted by molar-refractivity contribution is 0.241. The lowest BCUT2D eigenvalue weighted by Gasteiger charge is -2.38. The van der Waals surface area contributed by atoms with Gasteiger partial charge in [0.1, 0.15) is 12.3 Å². The van der Waals surface area contributed by atoms with Gasteiger partial charge in [0.15, 0.2) is 5.82 Å². The van der Waals surface area contributed by atoms with Crippen LogP contribution in [0.5, 0.6) is 0 Å². The van der Waals surface area contributed by atoms with Crippen LogP contribution in [-0.2, 0) is 13.0 Å². The van der Waals surface area contributed by atoms with Crippen molar-refractivity contribution in [3.63, 3.8) is 0 Å². The van der Waals surface area contributed by atoms with E-state index in [1.807, 2.05) is 30.3 Å². The number of nitrogens with zero attached hydrogens (tertiary/aromatic N) is 6. The van der Waals surface area contributed by atoms with Crippen LogP contribution in [0.2, 0.25) is 5.02 Å². The predicted octanol–water partition coefficient (Wildman–Crippen LogP) is 3.03. The molecule has 0 atom stereocenters. The van der Waals surface area contributed by atoms with Crippen LogP contribution >= 0.6 is 11.6 Å². The summed E-state index contributed by atoms with van der Waals surface area (Å²) in [6, 6.07) is 13.8. The zero-order valence-corrected chi connectivity index (χ0v) is 16.4. The molecule has 0 radical (unpaired) electrons. The average molecular weight is 411 g/mol. The van der Waals surface area contributed by atoms with E-state index < -0.39 is 5.41 Å². The number of hydrogen-bond donors (Lipinski definition) is 1. The zero-order valence-electron chi connectivity index (χ0n) is 15.6. The third-order valence-corrected chi connectivity index (χ3v) is 5.61. The van der Waals surface area contributed by atoms with Crippen LogP contribution in [0, 0.1) is 16.7 Å². The van der Waals surface area contributed by atoms with Gasteiger partial charge in [0.05, 0.1) is 11.5 Å². The van der Waals surface area contributed by atoms with Crippen molar-refractivity contribution in [2.24, 2.45) is 5.41 Å². The van der Waals surface area contributed by atoms with Crippen LogP contribution < -0.4 is 4.90 Å². The summed E-state index contributed by atoms with van der Waals surface area (Å²) in [5, 5.41) is 35.5. The van der Waals surface area contributed by atoms with E-state index in [1.165, 1.54) is 0 Å². The molecule has 2 aromatic heterocycles. The number of halogens is 1. The second kappa shape index (κ2) is 8.15. The van der Waals surface area contributed by atoms with Crippen molar-refractivity contribution in [3.8, 4) is 17.7 Å². The number of anilines is 1. The minimum absolute atomic E-state index is 0.133. The third-order valence-electron chi connectivity index (χ3n) is 5.24. The molecule has 9 heteroatoms. The Balaban J connectivity index is 1.43. The maximum Gasteiger partial charge on any atom is 0.268 e. The molecule has 3 heterocycles. The van der Waals surface area contributed by atoms with Crippen molar-refractivity contribution in [1.29, 1.82) is 5.26 Å². The van der Waals surface area contributed by atoms with Gasteiger partial charge in [-0.3, -0.25) is 0 Å². The molecule has 0 bridgehead atoms. The number of aromatic nitrogens is 4. The van der Waals surface area contributed by atoms with E-state index in [0.29, 0.717) is 30.2 Å². The van der Waals surface area contributed by atoms with E-state index in [-0.39, 0.29) is 18.4 Å². The van der Waals surface area contributed by atoms with Crippen LogP contribution in [0.25, 0.3) is 11.6 Å². The molecular weight excluding hydrogens is 392 g/mol. The fraction of sp³-hybridized carbons (Fsp3) is 0.350. The first-order valence-corrected chi connectivity index (χ1v) is 9.67. The van der Waals surface area contributed by atoms with E-state index in [0.717, 1.165) is 24.2 Å². The molecule has 1 fully saturated rings. The fourth-order valence-corrected chi connectivity index (χ4v) is 3.73. The Hall–Kier alpha value is -3.02. The maximum absolute atomic E-state index is 9.85. The van der Waals surface area contributed by atoms with Gasteiger partial charge in [-0.2, -0.15) is 5.26 Å². The molecule has 4 rings (SSSR count). The lowest BCUT2D eigenvalue weighted by Crippen LogP contribution is -2.41. The summed E-state index contributed by atoms with van der Waals surface area (Å²) in [5.74, 6) is 1.09. The van der Waals surface area contributed by atoms with Crippen molar-refractivity contribution < 1.29 is 9.52 Å². The molecule has 3 aromatic rings. The highest BCUT2D eigenvalue weighted by atomic mass is 35.5. The summed E-state index contributed by atoms with van der Waals surface area (Å²) in [6.45, 7) is 1.10. The Kier molecular flexibility index (Phi) is 5.43. The number of nitriles is 1. The normalized spacial score (nSPS) is 15.8. The topological polar surface area (TPSA) is 112 Å². The van der Waals surface area contributed by atoms with Crippen molar-refractivity contribution in [2.45, 2.75) is 25.9 Å². The molecule has 0 unspecified atom stereocenters. The van der Waals surface area contributed by atoms with Gasteiger partial charge in [-0.05, 0) is 43.0 Å². The molecule has 0 saturated carbocycles. The standard InChI is InChI=1S/C20H19ClN6O2/c21-15-4-2-1-3-14(15)11-20(13-22)7-9-27(10-8-20)17-6-5-16(23-24-17)19-26-25-18(12-28)29-19/h1-6,28H,7-12H2. The Morgan fingerprint density at radius 2 is 1.90 bits per heavy atom. The molecule has 0 aliphatic carbocycles. The molecule has 0 amide bonds. The molecule has 8 nitrogen and oxygen atoms in total. The summed E-state index contributed by atoms with van der Waals surface area (Å²) in [7, 11) is 0. The van der Waals surface area contributed by atoms with E-state index in [4.69, 9.17) is 21.1 Å². The SMILES string of the molecule is N#CC1(Cc2ccccc2Cl)CCN(c2ccc(-c3nnc(CO)o3)nn2)CC1. The minimum atomic E-state index is -0.431. The molecule has 1 aromatic carbocycles. The number of rotatable bonds is 5. The number of benzene rings is 1. The third kappa shape index (κ3) is 4.06. The van der Waals surface area contributed by atoms with E-state index in [1.54, 1.807) is 6.07 Å². The Morgan fingerprint density at radius 3 is 2.52 bits per heavy atom.